The number of nitrogens with zero attached hydrogens (tertiary/aromatic N) is 5. The van der Waals surface area contributed by atoms with Gasteiger partial charge in [-0.05, 0) is 69.1 Å². The van der Waals surface area contributed by atoms with Gasteiger partial charge in [-0.3, -0.25) is 19.5 Å². The van der Waals surface area contributed by atoms with Crippen LogP contribution in [0.5, 0.6) is 0 Å². The van der Waals surface area contributed by atoms with Crippen LogP contribution in [-0.2, 0) is 26.2 Å². The molecule has 0 radical (unpaired) electrons. The first-order chi connectivity index (χ1) is 13.2. The number of fused-ring (bicyclic) bond motifs is 1. The van der Waals surface area contributed by atoms with Crippen LogP contribution in [-0.4, -0.2) is 57.8 Å². The molecule has 0 aliphatic carbocycles. The predicted molar refractivity (Wildman–Crippen MR) is 107 cm³/mol. The number of aromatic nitrogens is 3. The van der Waals surface area contributed by atoms with Gasteiger partial charge in [0.25, 0.3) is 0 Å². The molecule has 2 aromatic heterocycles. The SMILES string of the molecule is Cc1cnccc1CN(C)Cc1cc2n(n1)CCN(C[C@@H]1CCCNC1)C2. The summed E-state index contributed by atoms with van der Waals surface area (Å²) in [5.74, 6) is 0.808. The highest BCUT2D eigenvalue weighted by atomic mass is 15.3. The first-order valence-electron chi connectivity index (χ1n) is 10.2. The number of pyridine rings is 1. The lowest BCUT2D eigenvalue weighted by Crippen LogP contribution is -2.41. The van der Waals surface area contributed by atoms with Crippen LogP contribution in [0.4, 0.5) is 0 Å². The highest BCUT2D eigenvalue weighted by Gasteiger charge is 2.22. The maximum Gasteiger partial charge on any atom is 0.0768 e. The van der Waals surface area contributed by atoms with Crippen LogP contribution in [0, 0.1) is 12.8 Å². The molecule has 0 bridgehead atoms. The van der Waals surface area contributed by atoms with E-state index < -0.39 is 0 Å². The minimum Gasteiger partial charge on any atom is -0.316 e. The smallest absolute Gasteiger partial charge is 0.0768 e. The van der Waals surface area contributed by atoms with Crippen molar-refractivity contribution in [2.75, 3.05) is 33.2 Å². The summed E-state index contributed by atoms with van der Waals surface area (Å²) in [7, 11) is 2.17. The Labute approximate surface area is 162 Å². The van der Waals surface area contributed by atoms with Crippen LogP contribution in [0.3, 0.4) is 0 Å². The molecule has 0 aromatic carbocycles. The number of nitrogens with one attached hydrogen (secondary N) is 1. The lowest BCUT2D eigenvalue weighted by Gasteiger charge is -2.32. The Morgan fingerprint density at radius 2 is 2.22 bits per heavy atom. The topological polar surface area (TPSA) is 49.2 Å². The van der Waals surface area contributed by atoms with E-state index in [2.05, 4.69) is 50.9 Å². The van der Waals surface area contributed by atoms with E-state index in [1.54, 1.807) is 0 Å². The average Bonchev–Trinajstić information content (AvgIpc) is 3.06. The standard InChI is InChI=1S/C21H32N6/c1-17-11-23-7-5-19(17)14-25(2)15-20-10-21-16-26(8-9-27(21)24-20)13-18-4-3-6-22-12-18/h5,7,10-11,18,22H,3-4,6,8-9,12-16H2,1-2H3/t18-/m1/s1. The van der Waals surface area contributed by atoms with Crippen molar-refractivity contribution in [1.82, 2.24) is 29.9 Å². The summed E-state index contributed by atoms with van der Waals surface area (Å²) in [5, 5.41) is 8.40. The van der Waals surface area contributed by atoms with Gasteiger partial charge in [-0.1, -0.05) is 0 Å². The third-order valence-corrected chi connectivity index (χ3v) is 5.85. The average molecular weight is 369 g/mol. The van der Waals surface area contributed by atoms with Crippen molar-refractivity contribution in [3.8, 4) is 0 Å². The summed E-state index contributed by atoms with van der Waals surface area (Å²) in [4.78, 5) is 9.14. The molecule has 1 atom stereocenters. The molecule has 1 fully saturated rings. The zero-order chi connectivity index (χ0) is 18.6. The zero-order valence-electron chi connectivity index (χ0n) is 16.7. The molecule has 0 unspecified atom stereocenters. The monoisotopic (exact) mass is 368 g/mol. The largest absolute Gasteiger partial charge is 0.316 e. The quantitative estimate of drug-likeness (QED) is 0.846. The van der Waals surface area contributed by atoms with Gasteiger partial charge in [0.1, 0.15) is 0 Å². The van der Waals surface area contributed by atoms with Crippen molar-refractivity contribution in [1.29, 1.82) is 0 Å². The van der Waals surface area contributed by atoms with Crippen molar-refractivity contribution >= 4 is 0 Å². The molecule has 27 heavy (non-hydrogen) atoms. The van der Waals surface area contributed by atoms with Crippen molar-refractivity contribution in [2.24, 2.45) is 5.92 Å². The van der Waals surface area contributed by atoms with Gasteiger partial charge in [0, 0.05) is 45.1 Å². The van der Waals surface area contributed by atoms with E-state index in [1.165, 1.54) is 55.0 Å². The fourth-order valence-corrected chi connectivity index (χ4v) is 4.36. The molecule has 1 N–H and O–H groups in total. The first kappa shape index (κ1) is 18.6. The fraction of sp³-hybridized carbons (Fsp3) is 0.619. The van der Waals surface area contributed by atoms with Gasteiger partial charge < -0.3 is 5.32 Å². The van der Waals surface area contributed by atoms with Gasteiger partial charge in [0.2, 0.25) is 0 Å². The minimum absolute atomic E-state index is 0.808. The van der Waals surface area contributed by atoms with E-state index in [-0.39, 0.29) is 0 Å². The van der Waals surface area contributed by atoms with Gasteiger partial charge in [-0.15, -0.1) is 0 Å². The van der Waals surface area contributed by atoms with Gasteiger partial charge in [-0.2, -0.15) is 5.10 Å². The Hall–Kier alpha value is -1.76. The second kappa shape index (κ2) is 8.50. The Balaban J connectivity index is 1.33. The molecule has 2 aliphatic heterocycles. The Morgan fingerprint density at radius 3 is 3.04 bits per heavy atom. The van der Waals surface area contributed by atoms with Crippen LogP contribution < -0.4 is 5.32 Å². The Bertz CT molecular complexity index is 749. The summed E-state index contributed by atoms with van der Waals surface area (Å²) >= 11 is 0. The van der Waals surface area contributed by atoms with Crippen molar-refractivity contribution in [3.63, 3.8) is 0 Å². The summed E-state index contributed by atoms with van der Waals surface area (Å²) < 4.78 is 2.22. The molecule has 0 amide bonds. The molecule has 1 saturated heterocycles. The van der Waals surface area contributed by atoms with E-state index in [9.17, 15) is 0 Å². The molecule has 0 saturated carbocycles. The van der Waals surface area contributed by atoms with E-state index >= 15 is 0 Å². The van der Waals surface area contributed by atoms with Crippen molar-refractivity contribution in [2.45, 2.75) is 45.9 Å². The van der Waals surface area contributed by atoms with E-state index in [4.69, 9.17) is 5.10 Å². The second-order valence-corrected chi connectivity index (χ2v) is 8.27. The molecule has 146 valence electrons. The Kier molecular flexibility index (Phi) is 5.86. The van der Waals surface area contributed by atoms with E-state index in [0.29, 0.717) is 0 Å². The van der Waals surface area contributed by atoms with Gasteiger partial charge >= 0.3 is 0 Å². The highest BCUT2D eigenvalue weighted by molar-refractivity contribution is 5.21. The second-order valence-electron chi connectivity index (χ2n) is 8.27. The molecular weight excluding hydrogens is 336 g/mol. The first-order valence-corrected chi connectivity index (χ1v) is 10.2. The summed E-state index contributed by atoms with van der Waals surface area (Å²) in [6, 6.07) is 4.42. The maximum atomic E-state index is 4.86. The Morgan fingerprint density at radius 1 is 1.30 bits per heavy atom. The minimum atomic E-state index is 0.808. The molecule has 2 aromatic rings. The lowest BCUT2D eigenvalue weighted by atomic mass is 9.99. The van der Waals surface area contributed by atoms with Crippen molar-refractivity contribution < 1.29 is 0 Å². The number of hydrogen-bond acceptors (Lipinski definition) is 5. The molecular formula is C21H32N6. The maximum absolute atomic E-state index is 4.86. The lowest BCUT2D eigenvalue weighted by molar-refractivity contribution is 0.168. The predicted octanol–water partition coefficient (Wildman–Crippen LogP) is 2.03. The number of hydrogen-bond donors (Lipinski definition) is 1. The third kappa shape index (κ3) is 4.75. The molecule has 0 spiro atoms. The normalized spacial score (nSPS) is 20.8. The molecule has 2 aliphatic rings. The number of rotatable bonds is 6. The van der Waals surface area contributed by atoms with E-state index in [0.717, 1.165) is 38.6 Å². The van der Waals surface area contributed by atoms with Gasteiger partial charge in [0.05, 0.1) is 17.9 Å². The molecule has 6 heteroatoms. The van der Waals surface area contributed by atoms with Crippen LogP contribution in [0.1, 0.15) is 35.4 Å². The number of aryl methyl sites for hydroxylation is 1. The zero-order valence-corrected chi connectivity index (χ0v) is 16.7. The van der Waals surface area contributed by atoms with Gasteiger partial charge in [-0.25, -0.2) is 0 Å². The molecule has 6 nitrogen and oxygen atoms in total. The van der Waals surface area contributed by atoms with Crippen LogP contribution in [0.2, 0.25) is 0 Å². The van der Waals surface area contributed by atoms with Crippen LogP contribution in [0.15, 0.2) is 24.5 Å². The van der Waals surface area contributed by atoms with Crippen LogP contribution in [0.25, 0.3) is 0 Å². The molecule has 4 heterocycles. The van der Waals surface area contributed by atoms with Gasteiger partial charge in [0.15, 0.2) is 0 Å². The number of piperidine rings is 1. The summed E-state index contributed by atoms with van der Waals surface area (Å²) in [6.07, 6.45) is 6.51. The van der Waals surface area contributed by atoms with Crippen LogP contribution >= 0.6 is 0 Å². The molecule has 4 rings (SSSR count). The third-order valence-electron chi connectivity index (χ3n) is 5.85. The van der Waals surface area contributed by atoms with E-state index in [1.807, 2.05) is 12.4 Å². The van der Waals surface area contributed by atoms with Crippen molar-refractivity contribution in [3.05, 3.63) is 47.0 Å². The summed E-state index contributed by atoms with van der Waals surface area (Å²) in [5.41, 5.74) is 5.14. The fourth-order valence-electron chi connectivity index (χ4n) is 4.36. The highest BCUT2D eigenvalue weighted by Crippen LogP contribution is 2.19. The summed E-state index contributed by atoms with van der Waals surface area (Å²) in [6.45, 7) is 10.7.